The molecule has 1 unspecified atom stereocenters. The Hall–Kier alpha value is 0.280. The molecule has 0 fully saturated rings. The maximum atomic E-state index is 11.9. The maximum absolute atomic E-state index is 11.9. The Kier molecular flexibility index (Phi) is 13.6. The molecule has 0 aromatic heterocycles. The first-order valence-corrected chi connectivity index (χ1v) is 7.65. The van der Waals surface area contributed by atoms with Crippen LogP contribution in [0.4, 0.5) is 4.20 Å². The molecule has 0 amide bonds. The summed E-state index contributed by atoms with van der Waals surface area (Å²) in [5.74, 6) is 0. The second-order valence-corrected chi connectivity index (χ2v) is 4.95. The predicted molar refractivity (Wildman–Crippen MR) is 68.0 cm³/mol. The van der Waals surface area contributed by atoms with Crippen molar-refractivity contribution >= 4 is 8.69 Å². The summed E-state index contributed by atoms with van der Waals surface area (Å²) < 4.78 is 16.3. The Morgan fingerprint density at radius 1 is 0.875 bits per heavy atom. The lowest BCUT2D eigenvalue weighted by Gasteiger charge is -2.03. The minimum Gasteiger partial charge on any atom is -0.325 e. The number of hydrogen-bond donors (Lipinski definition) is 1. The van der Waals surface area contributed by atoms with Crippen molar-refractivity contribution in [2.75, 3.05) is 6.61 Å². The summed E-state index contributed by atoms with van der Waals surface area (Å²) in [4.78, 5) is 8.27. The molecule has 0 bridgehead atoms. The lowest BCUT2D eigenvalue weighted by atomic mass is 10.1. The maximum Gasteiger partial charge on any atom is 0.372 e. The molecular weight excluding hydrogens is 226 g/mol. The molecule has 1 atom stereocenters. The molecule has 98 valence electrons. The zero-order valence-electron chi connectivity index (χ0n) is 10.5. The van der Waals surface area contributed by atoms with Crippen LogP contribution in [0.3, 0.4) is 0 Å². The standard InChI is InChI=1S/C12H26FO2P/c1-2-3-4-5-6-7-8-9-10-11-12-15-16(13)14/h14H,2-12H2,1H3. The van der Waals surface area contributed by atoms with Gasteiger partial charge in [-0.05, 0) is 6.42 Å². The fourth-order valence-corrected chi connectivity index (χ4v) is 2.01. The van der Waals surface area contributed by atoms with E-state index in [2.05, 4.69) is 11.4 Å². The summed E-state index contributed by atoms with van der Waals surface area (Å²) in [6.07, 6.45) is 12.5. The molecule has 0 aliphatic heterocycles. The van der Waals surface area contributed by atoms with Crippen LogP contribution in [0.1, 0.15) is 71.1 Å². The predicted octanol–water partition coefficient (Wildman–Crippen LogP) is 5.11. The van der Waals surface area contributed by atoms with Gasteiger partial charge < -0.3 is 9.42 Å². The van der Waals surface area contributed by atoms with Crippen molar-refractivity contribution in [2.45, 2.75) is 71.1 Å². The van der Waals surface area contributed by atoms with Crippen LogP contribution in [-0.2, 0) is 4.52 Å². The van der Waals surface area contributed by atoms with Crippen molar-refractivity contribution < 1.29 is 13.6 Å². The van der Waals surface area contributed by atoms with Gasteiger partial charge in [0.05, 0.1) is 6.61 Å². The van der Waals surface area contributed by atoms with Crippen LogP contribution in [0.25, 0.3) is 0 Å². The SMILES string of the molecule is CCCCCCCCCCCCOP(O)F. The van der Waals surface area contributed by atoms with Crippen LogP contribution in [0.5, 0.6) is 0 Å². The van der Waals surface area contributed by atoms with Crippen molar-refractivity contribution in [1.82, 2.24) is 0 Å². The van der Waals surface area contributed by atoms with Gasteiger partial charge in [0.25, 0.3) is 0 Å². The molecule has 0 saturated carbocycles. The molecule has 0 aliphatic carbocycles. The van der Waals surface area contributed by atoms with E-state index < -0.39 is 8.69 Å². The highest BCUT2D eigenvalue weighted by molar-refractivity contribution is 7.40. The van der Waals surface area contributed by atoms with Crippen LogP contribution in [0.15, 0.2) is 0 Å². The molecule has 1 N–H and O–H groups in total. The van der Waals surface area contributed by atoms with Gasteiger partial charge in [-0.15, -0.1) is 0 Å². The first kappa shape index (κ1) is 16.3. The van der Waals surface area contributed by atoms with E-state index >= 15 is 0 Å². The van der Waals surface area contributed by atoms with Gasteiger partial charge in [-0.2, -0.15) is 4.20 Å². The summed E-state index contributed by atoms with van der Waals surface area (Å²) in [7, 11) is -2.64. The van der Waals surface area contributed by atoms with Crippen LogP contribution in [-0.4, -0.2) is 11.5 Å². The Bertz CT molecular complexity index is 134. The highest BCUT2D eigenvalue weighted by atomic mass is 31.2. The molecule has 0 rings (SSSR count). The lowest BCUT2D eigenvalue weighted by molar-refractivity contribution is 0.273. The fraction of sp³-hybridized carbons (Fsp3) is 1.00. The van der Waals surface area contributed by atoms with E-state index in [0.717, 1.165) is 12.8 Å². The Labute approximate surface area is 101 Å². The first-order valence-electron chi connectivity index (χ1n) is 6.55. The molecule has 0 saturated heterocycles. The van der Waals surface area contributed by atoms with E-state index in [1.807, 2.05) is 0 Å². The van der Waals surface area contributed by atoms with Crippen LogP contribution < -0.4 is 0 Å². The van der Waals surface area contributed by atoms with E-state index in [0.29, 0.717) is 6.61 Å². The molecule has 0 radical (unpaired) electrons. The molecule has 16 heavy (non-hydrogen) atoms. The summed E-state index contributed by atoms with van der Waals surface area (Å²) >= 11 is 0. The normalized spacial score (nSPS) is 12.9. The molecule has 4 heteroatoms. The summed E-state index contributed by atoms with van der Waals surface area (Å²) in [5.41, 5.74) is 0. The third-order valence-electron chi connectivity index (χ3n) is 2.70. The second kappa shape index (κ2) is 13.3. The van der Waals surface area contributed by atoms with Crippen LogP contribution >= 0.6 is 8.69 Å². The second-order valence-electron chi connectivity index (χ2n) is 4.24. The van der Waals surface area contributed by atoms with E-state index in [-0.39, 0.29) is 0 Å². The first-order chi connectivity index (χ1) is 7.77. The molecule has 0 spiro atoms. The van der Waals surface area contributed by atoms with Gasteiger partial charge in [0.15, 0.2) is 0 Å². The van der Waals surface area contributed by atoms with Crippen molar-refractivity contribution in [2.24, 2.45) is 0 Å². The Balaban J connectivity index is 2.88. The zero-order valence-corrected chi connectivity index (χ0v) is 11.4. The van der Waals surface area contributed by atoms with Crippen molar-refractivity contribution in [3.05, 3.63) is 0 Å². The molecule has 0 aromatic carbocycles. The van der Waals surface area contributed by atoms with Gasteiger partial charge >= 0.3 is 8.69 Å². The lowest BCUT2D eigenvalue weighted by Crippen LogP contribution is -1.88. The van der Waals surface area contributed by atoms with Crippen molar-refractivity contribution in [3.8, 4) is 0 Å². The highest BCUT2D eigenvalue weighted by Gasteiger charge is 2.00. The smallest absolute Gasteiger partial charge is 0.325 e. The Morgan fingerprint density at radius 3 is 1.75 bits per heavy atom. The van der Waals surface area contributed by atoms with Gasteiger partial charge in [-0.25, -0.2) is 0 Å². The van der Waals surface area contributed by atoms with E-state index in [1.165, 1.54) is 51.4 Å². The average molecular weight is 252 g/mol. The molecule has 0 aliphatic rings. The minimum atomic E-state index is -2.64. The third kappa shape index (κ3) is 14.3. The van der Waals surface area contributed by atoms with Gasteiger partial charge in [-0.3, -0.25) is 0 Å². The summed E-state index contributed by atoms with van der Waals surface area (Å²) in [5, 5.41) is 0. The average Bonchev–Trinajstić information content (AvgIpc) is 2.25. The molecule has 0 aromatic rings. The quantitative estimate of drug-likeness (QED) is 0.386. The molecule has 2 nitrogen and oxygen atoms in total. The van der Waals surface area contributed by atoms with Crippen molar-refractivity contribution in [3.63, 3.8) is 0 Å². The highest BCUT2D eigenvalue weighted by Crippen LogP contribution is 2.32. The van der Waals surface area contributed by atoms with E-state index in [1.54, 1.807) is 0 Å². The number of unbranched alkanes of at least 4 members (excludes halogenated alkanes) is 9. The van der Waals surface area contributed by atoms with Crippen LogP contribution in [0.2, 0.25) is 0 Å². The molecule has 0 heterocycles. The number of hydrogen-bond acceptors (Lipinski definition) is 2. The summed E-state index contributed by atoms with van der Waals surface area (Å²) in [6.45, 7) is 2.59. The zero-order chi connectivity index (χ0) is 12.1. The Morgan fingerprint density at radius 2 is 1.31 bits per heavy atom. The fourth-order valence-electron chi connectivity index (χ4n) is 1.73. The van der Waals surface area contributed by atoms with Gasteiger partial charge in [0, 0.05) is 0 Å². The monoisotopic (exact) mass is 252 g/mol. The van der Waals surface area contributed by atoms with Gasteiger partial charge in [-0.1, -0.05) is 64.7 Å². The van der Waals surface area contributed by atoms with Crippen molar-refractivity contribution in [1.29, 1.82) is 0 Å². The van der Waals surface area contributed by atoms with E-state index in [9.17, 15) is 4.20 Å². The largest absolute Gasteiger partial charge is 0.372 e. The summed E-state index contributed by atoms with van der Waals surface area (Å²) in [6, 6.07) is 0. The topological polar surface area (TPSA) is 29.5 Å². The van der Waals surface area contributed by atoms with E-state index in [4.69, 9.17) is 4.89 Å². The minimum absolute atomic E-state index is 0.356. The number of halogens is 1. The molecular formula is C12H26FO2P. The van der Waals surface area contributed by atoms with Crippen LogP contribution in [0, 0.1) is 0 Å². The van der Waals surface area contributed by atoms with Gasteiger partial charge in [0.2, 0.25) is 0 Å². The van der Waals surface area contributed by atoms with Gasteiger partial charge in [0.1, 0.15) is 0 Å². The number of rotatable bonds is 12. The third-order valence-corrected chi connectivity index (χ3v) is 3.09.